The van der Waals surface area contributed by atoms with Gasteiger partial charge in [-0.15, -0.1) is 0 Å². The van der Waals surface area contributed by atoms with Crippen LogP contribution in [-0.4, -0.2) is 26.6 Å². The zero-order valence-corrected chi connectivity index (χ0v) is 27.3. The number of hydrogen-bond donors (Lipinski definition) is 0. The van der Waals surface area contributed by atoms with Crippen LogP contribution in [0.2, 0.25) is 0 Å². The Labute approximate surface area is 281 Å². The molecular formula is C43H36N4O. The van der Waals surface area contributed by atoms with Gasteiger partial charge in [-0.05, 0) is 42.8 Å². The first-order chi connectivity index (χ1) is 23.5. The summed E-state index contributed by atoms with van der Waals surface area (Å²) in [5, 5.41) is 12.6. The molecule has 234 valence electrons. The van der Waals surface area contributed by atoms with Crippen LogP contribution in [0.25, 0.3) is 55.8 Å². The maximum absolute atomic E-state index is 13.6. The smallest absolute Gasteiger partial charge is 0.164 e. The second kappa shape index (κ2) is 13.3. The van der Waals surface area contributed by atoms with E-state index in [1.165, 1.54) is 0 Å². The zero-order valence-electron chi connectivity index (χ0n) is 27.3. The lowest BCUT2D eigenvalue weighted by molar-refractivity contribution is 0.0989. The lowest BCUT2D eigenvalue weighted by atomic mass is 9.98. The summed E-state index contributed by atoms with van der Waals surface area (Å²) in [6.07, 6.45) is 0.386. The number of nitrogens with zero attached hydrogens (tertiary/aromatic N) is 4. The van der Waals surface area contributed by atoms with Crippen molar-refractivity contribution >= 4 is 28.0 Å². The molecule has 48 heavy (non-hydrogen) atoms. The van der Waals surface area contributed by atoms with Gasteiger partial charge >= 0.3 is 0 Å². The van der Waals surface area contributed by atoms with Gasteiger partial charge in [-0.2, -0.15) is 10.2 Å². The molecule has 0 aliphatic heterocycles. The van der Waals surface area contributed by atoms with Gasteiger partial charge in [-0.3, -0.25) is 4.79 Å². The van der Waals surface area contributed by atoms with Crippen molar-refractivity contribution in [3.8, 4) is 45.0 Å². The first-order valence-electron chi connectivity index (χ1n) is 16.3. The summed E-state index contributed by atoms with van der Waals surface area (Å²) in [5.74, 6) is 0.0689. The molecule has 0 aliphatic rings. The van der Waals surface area contributed by atoms with Crippen molar-refractivity contribution in [2.45, 2.75) is 27.2 Å². The van der Waals surface area contributed by atoms with E-state index in [-0.39, 0.29) is 5.78 Å². The van der Waals surface area contributed by atoms with Crippen LogP contribution in [0, 0.1) is 0 Å². The average molecular weight is 625 g/mol. The number of hydrogen-bond acceptors (Lipinski definition) is 3. The van der Waals surface area contributed by atoms with Crippen LogP contribution in [0.4, 0.5) is 0 Å². The summed E-state index contributed by atoms with van der Waals surface area (Å²) < 4.78 is 3.95. The molecule has 0 unspecified atom stereocenters. The standard InChI is InChI=1S/C43H36N4O/c1-4-42(48)38-29-41(35-22-12-7-13-23-35)47(43(38)37-26-16-24-32-17-14-15-25-36(32)37)45-31(3)30(2)44-46-39(33-18-8-5-9-19-33)27-28-40(46)34-20-10-6-11-21-34/h5-29H,4H2,1-3H3/b44-30+,45-31+. The van der Waals surface area contributed by atoms with E-state index in [1.807, 2.05) is 109 Å². The van der Waals surface area contributed by atoms with Gasteiger partial charge in [0, 0.05) is 34.2 Å². The fourth-order valence-electron chi connectivity index (χ4n) is 6.15. The van der Waals surface area contributed by atoms with Gasteiger partial charge < -0.3 is 0 Å². The predicted octanol–water partition coefficient (Wildman–Crippen LogP) is 10.9. The second-order valence-corrected chi connectivity index (χ2v) is 11.8. The van der Waals surface area contributed by atoms with E-state index in [0.717, 1.165) is 67.2 Å². The number of Topliss-reactive ketones (excluding diaryl/α,β-unsaturated/α-hetero) is 1. The highest BCUT2D eigenvalue weighted by atomic mass is 16.1. The maximum Gasteiger partial charge on any atom is 0.164 e. The summed E-state index contributed by atoms with van der Waals surface area (Å²) >= 11 is 0. The number of benzene rings is 5. The van der Waals surface area contributed by atoms with Gasteiger partial charge in [0.15, 0.2) is 5.78 Å². The Balaban J connectivity index is 1.45. The van der Waals surface area contributed by atoms with Crippen LogP contribution in [0.5, 0.6) is 0 Å². The van der Waals surface area contributed by atoms with Crippen molar-refractivity contribution in [3.05, 3.63) is 157 Å². The topological polar surface area (TPSA) is 51.6 Å². The summed E-state index contributed by atoms with van der Waals surface area (Å²) in [5.41, 5.74) is 9.81. The molecule has 0 fully saturated rings. The molecule has 2 aromatic heterocycles. The van der Waals surface area contributed by atoms with E-state index in [2.05, 4.69) is 72.8 Å². The van der Waals surface area contributed by atoms with Gasteiger partial charge in [0.25, 0.3) is 0 Å². The van der Waals surface area contributed by atoms with Crippen LogP contribution in [0.15, 0.2) is 162 Å². The van der Waals surface area contributed by atoms with Crippen LogP contribution in [0.3, 0.4) is 0 Å². The minimum atomic E-state index is 0.0689. The van der Waals surface area contributed by atoms with E-state index < -0.39 is 0 Å². The molecule has 0 amide bonds. The Kier molecular flexibility index (Phi) is 8.50. The molecule has 2 heterocycles. The number of rotatable bonds is 9. The van der Waals surface area contributed by atoms with E-state index in [0.29, 0.717) is 12.0 Å². The highest BCUT2D eigenvalue weighted by Crippen LogP contribution is 2.38. The quantitative estimate of drug-likeness (QED) is 0.116. The third-order valence-corrected chi connectivity index (χ3v) is 8.73. The molecule has 5 heteroatoms. The highest BCUT2D eigenvalue weighted by Gasteiger charge is 2.24. The van der Waals surface area contributed by atoms with Crippen molar-refractivity contribution in [1.29, 1.82) is 0 Å². The van der Waals surface area contributed by atoms with Crippen molar-refractivity contribution in [2.75, 3.05) is 0 Å². The van der Waals surface area contributed by atoms with Gasteiger partial charge in [0.1, 0.15) is 0 Å². The van der Waals surface area contributed by atoms with Crippen LogP contribution >= 0.6 is 0 Å². The first kappa shape index (κ1) is 30.6. The number of carbonyl (C=O) groups excluding carboxylic acids is 1. The number of aromatic nitrogens is 2. The number of carbonyl (C=O) groups is 1. The molecule has 7 aromatic rings. The van der Waals surface area contributed by atoms with Crippen molar-refractivity contribution in [3.63, 3.8) is 0 Å². The molecular weight excluding hydrogens is 589 g/mol. The molecule has 0 spiro atoms. The van der Waals surface area contributed by atoms with Crippen LogP contribution < -0.4 is 0 Å². The Morgan fingerprint density at radius 2 is 1.02 bits per heavy atom. The molecule has 0 N–H and O–H groups in total. The largest absolute Gasteiger partial charge is 0.294 e. The summed E-state index contributed by atoms with van der Waals surface area (Å²) in [6.45, 7) is 5.88. The lowest BCUT2D eigenvalue weighted by Gasteiger charge is -2.14. The SMILES string of the molecule is CCC(=O)c1cc(-c2ccccc2)n(/N=C(C)/C(C)=N/n2c(-c3ccccc3)ccc2-c2ccccc2)c1-c1cccc2ccccc12. The van der Waals surface area contributed by atoms with E-state index in [1.54, 1.807) is 0 Å². The predicted molar refractivity (Wildman–Crippen MR) is 200 cm³/mol. The van der Waals surface area contributed by atoms with Crippen molar-refractivity contribution in [2.24, 2.45) is 10.2 Å². The fourth-order valence-corrected chi connectivity index (χ4v) is 6.15. The molecule has 0 saturated carbocycles. The van der Waals surface area contributed by atoms with Gasteiger partial charge in [0.2, 0.25) is 0 Å². The normalized spacial score (nSPS) is 12.1. The summed E-state index contributed by atoms with van der Waals surface area (Å²) in [6, 6.07) is 51.5. The molecule has 0 bridgehead atoms. The zero-order chi connectivity index (χ0) is 33.0. The summed E-state index contributed by atoms with van der Waals surface area (Å²) in [7, 11) is 0. The van der Waals surface area contributed by atoms with Crippen molar-refractivity contribution in [1.82, 2.24) is 9.35 Å². The second-order valence-electron chi connectivity index (χ2n) is 11.8. The molecule has 0 aliphatic carbocycles. The molecule has 5 nitrogen and oxygen atoms in total. The molecule has 7 rings (SSSR count). The first-order valence-corrected chi connectivity index (χ1v) is 16.3. The minimum absolute atomic E-state index is 0.0689. The third-order valence-electron chi connectivity index (χ3n) is 8.73. The molecule has 0 saturated heterocycles. The Morgan fingerprint density at radius 1 is 0.542 bits per heavy atom. The van der Waals surface area contributed by atoms with Gasteiger partial charge in [-0.1, -0.05) is 140 Å². The van der Waals surface area contributed by atoms with E-state index in [4.69, 9.17) is 10.2 Å². The number of ketones is 1. The Hall–Kier alpha value is -6.07. The van der Waals surface area contributed by atoms with Gasteiger partial charge in [0.05, 0.1) is 34.2 Å². The Bertz CT molecular complexity index is 2230. The lowest BCUT2D eigenvalue weighted by Crippen LogP contribution is -2.12. The van der Waals surface area contributed by atoms with Gasteiger partial charge in [-0.25, -0.2) is 9.35 Å². The minimum Gasteiger partial charge on any atom is -0.294 e. The third kappa shape index (κ3) is 5.82. The monoisotopic (exact) mass is 624 g/mol. The van der Waals surface area contributed by atoms with E-state index in [9.17, 15) is 4.79 Å². The van der Waals surface area contributed by atoms with Crippen LogP contribution in [-0.2, 0) is 0 Å². The summed E-state index contributed by atoms with van der Waals surface area (Å²) in [4.78, 5) is 13.6. The average Bonchev–Trinajstić information content (AvgIpc) is 3.73. The Morgan fingerprint density at radius 3 is 1.58 bits per heavy atom. The van der Waals surface area contributed by atoms with Crippen molar-refractivity contribution < 1.29 is 4.79 Å². The molecule has 0 atom stereocenters. The molecule has 5 aromatic carbocycles. The highest BCUT2D eigenvalue weighted by molar-refractivity contribution is 6.40. The number of fused-ring (bicyclic) bond motifs is 1. The maximum atomic E-state index is 13.6. The van der Waals surface area contributed by atoms with Crippen LogP contribution in [0.1, 0.15) is 37.6 Å². The molecule has 0 radical (unpaired) electrons. The fraction of sp³-hybridized carbons (Fsp3) is 0.0930. The van der Waals surface area contributed by atoms with E-state index >= 15 is 0 Å².